The lowest BCUT2D eigenvalue weighted by Gasteiger charge is -2.07. The zero-order valence-electron chi connectivity index (χ0n) is 16.6. The summed E-state index contributed by atoms with van der Waals surface area (Å²) >= 11 is 0. The summed E-state index contributed by atoms with van der Waals surface area (Å²) in [6, 6.07) is 15.1. The molecule has 1 aromatic heterocycles. The monoisotopic (exact) mass is 440 g/mol. The van der Waals surface area contributed by atoms with E-state index in [-0.39, 0.29) is 22.7 Å². The third-order valence-electron chi connectivity index (χ3n) is 4.32. The van der Waals surface area contributed by atoms with Crippen LogP contribution in [0.5, 0.6) is 0 Å². The molecule has 0 radical (unpaired) electrons. The number of hydrogen-bond donors (Lipinski definition) is 1. The smallest absolute Gasteiger partial charge is 0.416 e. The van der Waals surface area contributed by atoms with E-state index in [4.69, 9.17) is 4.42 Å². The molecule has 0 aliphatic heterocycles. The number of furan rings is 1. The fourth-order valence-electron chi connectivity index (χ4n) is 2.73. The third kappa shape index (κ3) is 5.23. The van der Waals surface area contributed by atoms with Crippen molar-refractivity contribution in [3.05, 3.63) is 83.1 Å². The van der Waals surface area contributed by atoms with E-state index in [1.165, 1.54) is 61.7 Å². The molecule has 0 aliphatic rings. The number of amides is 1. The second kappa shape index (κ2) is 9.22. The van der Waals surface area contributed by atoms with Crippen molar-refractivity contribution in [1.29, 1.82) is 5.26 Å². The van der Waals surface area contributed by atoms with Gasteiger partial charge in [-0.05, 0) is 48.5 Å². The quantitative estimate of drug-likeness (QED) is 0.330. The largest absolute Gasteiger partial charge is 0.465 e. The Kier molecular flexibility index (Phi) is 6.45. The highest BCUT2D eigenvalue weighted by atomic mass is 19.4. The number of rotatable bonds is 5. The third-order valence-corrected chi connectivity index (χ3v) is 4.32. The minimum atomic E-state index is -4.49. The molecule has 1 amide bonds. The normalized spacial score (nSPS) is 11.5. The van der Waals surface area contributed by atoms with E-state index in [1.807, 2.05) is 0 Å². The number of ether oxygens (including phenoxy) is 1. The van der Waals surface area contributed by atoms with Crippen LogP contribution in [0, 0.1) is 11.3 Å². The predicted octanol–water partition coefficient (Wildman–Crippen LogP) is 5.30. The van der Waals surface area contributed by atoms with Crippen molar-refractivity contribution in [2.75, 3.05) is 12.4 Å². The van der Waals surface area contributed by atoms with Crippen molar-refractivity contribution in [3.8, 4) is 17.4 Å². The summed E-state index contributed by atoms with van der Waals surface area (Å²) < 4.78 is 48.8. The molecule has 1 N–H and O–H groups in total. The summed E-state index contributed by atoms with van der Waals surface area (Å²) in [6.45, 7) is 0. The molecule has 9 heteroatoms. The fraction of sp³-hybridized carbons (Fsp3) is 0.0870. The minimum Gasteiger partial charge on any atom is -0.465 e. The van der Waals surface area contributed by atoms with Gasteiger partial charge < -0.3 is 14.5 Å². The highest BCUT2D eigenvalue weighted by Gasteiger charge is 2.30. The van der Waals surface area contributed by atoms with Crippen LogP contribution in [0.25, 0.3) is 17.4 Å². The van der Waals surface area contributed by atoms with Gasteiger partial charge in [0, 0.05) is 17.3 Å². The minimum absolute atomic E-state index is 0.116. The van der Waals surface area contributed by atoms with Crippen LogP contribution in [-0.4, -0.2) is 19.0 Å². The van der Waals surface area contributed by atoms with Gasteiger partial charge in [-0.3, -0.25) is 4.79 Å². The first-order chi connectivity index (χ1) is 15.2. The average molecular weight is 440 g/mol. The van der Waals surface area contributed by atoms with Crippen LogP contribution in [0.2, 0.25) is 0 Å². The van der Waals surface area contributed by atoms with Gasteiger partial charge in [0.1, 0.15) is 23.2 Å². The molecular weight excluding hydrogens is 425 g/mol. The number of esters is 1. The molecule has 0 spiro atoms. The van der Waals surface area contributed by atoms with Gasteiger partial charge in [-0.1, -0.05) is 12.1 Å². The Labute approximate surface area is 180 Å². The Balaban J connectivity index is 1.77. The van der Waals surface area contributed by atoms with Gasteiger partial charge in [0.05, 0.1) is 18.2 Å². The molecule has 0 saturated heterocycles. The molecule has 1 heterocycles. The number of anilines is 1. The fourth-order valence-corrected chi connectivity index (χ4v) is 2.73. The Morgan fingerprint density at radius 2 is 1.81 bits per heavy atom. The number of nitrogens with one attached hydrogen (secondary N) is 1. The Morgan fingerprint density at radius 1 is 1.09 bits per heavy atom. The summed E-state index contributed by atoms with van der Waals surface area (Å²) in [6.07, 6.45) is -3.32. The molecule has 2 aromatic carbocycles. The molecule has 6 nitrogen and oxygen atoms in total. The average Bonchev–Trinajstić information content (AvgIpc) is 3.25. The van der Waals surface area contributed by atoms with Crippen molar-refractivity contribution < 1.29 is 31.9 Å². The summed E-state index contributed by atoms with van der Waals surface area (Å²) in [5.41, 5.74) is -0.272. The van der Waals surface area contributed by atoms with Gasteiger partial charge in [-0.2, -0.15) is 18.4 Å². The van der Waals surface area contributed by atoms with Gasteiger partial charge >= 0.3 is 12.1 Å². The maximum atomic E-state index is 12.9. The van der Waals surface area contributed by atoms with Crippen molar-refractivity contribution in [3.63, 3.8) is 0 Å². The van der Waals surface area contributed by atoms with Crippen molar-refractivity contribution in [1.82, 2.24) is 0 Å². The number of hydrogen-bond acceptors (Lipinski definition) is 5. The van der Waals surface area contributed by atoms with Crippen molar-refractivity contribution >= 4 is 23.6 Å². The highest BCUT2D eigenvalue weighted by Crippen LogP contribution is 2.32. The van der Waals surface area contributed by atoms with Gasteiger partial charge in [-0.25, -0.2) is 4.79 Å². The van der Waals surface area contributed by atoms with Crippen LogP contribution in [0.15, 0.2) is 70.7 Å². The molecule has 0 saturated carbocycles. The Bertz CT molecular complexity index is 1220. The first-order valence-corrected chi connectivity index (χ1v) is 9.10. The second-order valence-corrected chi connectivity index (χ2v) is 6.47. The van der Waals surface area contributed by atoms with Crippen LogP contribution >= 0.6 is 0 Å². The standard InChI is InChI=1S/C23H15F3N2O4/c1-31-22(30)14-5-7-18(8-6-14)28-21(29)16(13-27)12-19-9-10-20(32-19)15-3-2-4-17(11-15)23(24,25)26/h2-12H,1H3,(H,28,29)/b16-12-. The molecule has 0 fully saturated rings. The number of methoxy groups -OCH3 is 1. The number of halogens is 3. The van der Waals surface area contributed by atoms with Gasteiger partial charge in [0.15, 0.2) is 0 Å². The first-order valence-electron chi connectivity index (χ1n) is 9.10. The molecule has 0 aliphatic carbocycles. The summed E-state index contributed by atoms with van der Waals surface area (Å²) in [4.78, 5) is 23.8. The van der Waals surface area contributed by atoms with E-state index < -0.39 is 23.6 Å². The van der Waals surface area contributed by atoms with Gasteiger partial charge in [0.25, 0.3) is 5.91 Å². The maximum Gasteiger partial charge on any atom is 0.416 e. The first kappa shape index (κ1) is 22.4. The van der Waals surface area contributed by atoms with E-state index in [2.05, 4.69) is 10.1 Å². The molecule has 0 atom stereocenters. The Hall–Kier alpha value is -4.32. The molecule has 3 rings (SSSR count). The van der Waals surface area contributed by atoms with E-state index in [0.717, 1.165) is 12.1 Å². The van der Waals surface area contributed by atoms with E-state index in [0.29, 0.717) is 11.3 Å². The van der Waals surface area contributed by atoms with E-state index in [1.54, 1.807) is 6.07 Å². The SMILES string of the molecule is COC(=O)c1ccc(NC(=O)/C(C#N)=C\c2ccc(-c3cccc(C(F)(F)F)c3)o2)cc1. The molecule has 3 aromatic rings. The van der Waals surface area contributed by atoms with Crippen LogP contribution < -0.4 is 5.32 Å². The van der Waals surface area contributed by atoms with Crippen molar-refractivity contribution in [2.45, 2.75) is 6.18 Å². The molecule has 32 heavy (non-hydrogen) atoms. The van der Waals surface area contributed by atoms with Crippen LogP contribution in [0.4, 0.5) is 18.9 Å². The number of alkyl halides is 3. The second-order valence-electron chi connectivity index (χ2n) is 6.47. The summed E-state index contributed by atoms with van der Waals surface area (Å²) in [5.74, 6) is -0.992. The number of nitrogens with zero attached hydrogens (tertiary/aromatic N) is 1. The number of benzene rings is 2. The molecular formula is C23H15F3N2O4. The van der Waals surface area contributed by atoms with Crippen LogP contribution in [-0.2, 0) is 15.7 Å². The van der Waals surface area contributed by atoms with Crippen molar-refractivity contribution in [2.24, 2.45) is 0 Å². The maximum absolute atomic E-state index is 12.9. The summed E-state index contributed by atoms with van der Waals surface area (Å²) in [5, 5.41) is 11.8. The van der Waals surface area contributed by atoms with Gasteiger partial charge in [0.2, 0.25) is 0 Å². The summed E-state index contributed by atoms with van der Waals surface area (Å²) in [7, 11) is 1.25. The Morgan fingerprint density at radius 3 is 2.44 bits per heavy atom. The van der Waals surface area contributed by atoms with Crippen LogP contribution in [0.3, 0.4) is 0 Å². The number of carbonyl (C=O) groups excluding carboxylic acids is 2. The van der Waals surface area contributed by atoms with Gasteiger partial charge in [-0.15, -0.1) is 0 Å². The lowest BCUT2D eigenvalue weighted by Crippen LogP contribution is -2.13. The van der Waals surface area contributed by atoms with E-state index >= 15 is 0 Å². The molecule has 0 unspecified atom stereocenters. The zero-order valence-corrected chi connectivity index (χ0v) is 16.6. The molecule has 0 bridgehead atoms. The van der Waals surface area contributed by atoms with Crippen LogP contribution in [0.1, 0.15) is 21.7 Å². The number of carbonyl (C=O) groups is 2. The number of nitriles is 1. The molecule has 162 valence electrons. The highest BCUT2D eigenvalue weighted by molar-refractivity contribution is 6.09. The van der Waals surface area contributed by atoms with E-state index in [9.17, 15) is 28.0 Å². The zero-order chi connectivity index (χ0) is 23.3. The predicted molar refractivity (Wildman–Crippen MR) is 109 cm³/mol. The lowest BCUT2D eigenvalue weighted by atomic mass is 10.1. The topological polar surface area (TPSA) is 92.3 Å². The lowest BCUT2D eigenvalue weighted by molar-refractivity contribution is -0.137.